The molecule has 0 spiro atoms. The lowest BCUT2D eigenvalue weighted by molar-refractivity contribution is -0.119. The molecule has 0 aliphatic carbocycles. The van der Waals surface area contributed by atoms with Gasteiger partial charge in [0.25, 0.3) is 0 Å². The fourth-order valence-electron chi connectivity index (χ4n) is 1.25. The van der Waals surface area contributed by atoms with Crippen LogP contribution in [0.4, 0.5) is 5.69 Å². The second kappa shape index (κ2) is 7.13. The van der Waals surface area contributed by atoms with Gasteiger partial charge in [0, 0.05) is 17.2 Å². The summed E-state index contributed by atoms with van der Waals surface area (Å²) >= 11 is 3.40. The summed E-state index contributed by atoms with van der Waals surface area (Å²) in [5.74, 6) is -0.337. The van der Waals surface area contributed by atoms with Crippen molar-refractivity contribution >= 4 is 33.4 Å². The molecule has 0 unspecified atom stereocenters. The van der Waals surface area contributed by atoms with E-state index in [0.29, 0.717) is 0 Å². The van der Waals surface area contributed by atoms with E-state index in [1.807, 2.05) is 25.1 Å². The molecule has 3 N–H and O–H groups in total. The van der Waals surface area contributed by atoms with Gasteiger partial charge in [0.05, 0.1) is 13.1 Å². The molecule has 0 aliphatic rings. The molecule has 0 atom stereocenters. The molecule has 98 valence electrons. The predicted molar refractivity (Wildman–Crippen MR) is 74.4 cm³/mol. The molecule has 0 saturated carbocycles. The van der Waals surface area contributed by atoms with Gasteiger partial charge in [0.1, 0.15) is 0 Å². The third-order valence-electron chi connectivity index (χ3n) is 2.31. The van der Waals surface area contributed by atoms with Gasteiger partial charge in [-0.25, -0.2) is 0 Å². The lowest BCUT2D eigenvalue weighted by Gasteiger charge is -2.07. The quantitative estimate of drug-likeness (QED) is 0.760. The van der Waals surface area contributed by atoms with Crippen LogP contribution in [0.1, 0.15) is 5.56 Å². The summed E-state index contributed by atoms with van der Waals surface area (Å²) in [7, 11) is 1.55. The number of likely N-dealkylation sites (N-methyl/N-ethyl adjacent to an activating group) is 1. The van der Waals surface area contributed by atoms with E-state index in [1.165, 1.54) is 0 Å². The number of carbonyl (C=O) groups is 2. The summed E-state index contributed by atoms with van der Waals surface area (Å²) in [6.07, 6.45) is 0. The zero-order valence-electron chi connectivity index (χ0n) is 10.3. The number of hydrogen-bond acceptors (Lipinski definition) is 3. The van der Waals surface area contributed by atoms with Crippen LogP contribution in [0.25, 0.3) is 0 Å². The molecule has 0 fully saturated rings. The monoisotopic (exact) mass is 313 g/mol. The van der Waals surface area contributed by atoms with Crippen molar-refractivity contribution < 1.29 is 9.59 Å². The van der Waals surface area contributed by atoms with Crippen molar-refractivity contribution in [2.75, 3.05) is 25.5 Å². The van der Waals surface area contributed by atoms with E-state index in [1.54, 1.807) is 7.05 Å². The molecule has 0 aliphatic heterocycles. The van der Waals surface area contributed by atoms with Crippen LogP contribution in [0.2, 0.25) is 0 Å². The first-order chi connectivity index (χ1) is 8.52. The van der Waals surface area contributed by atoms with Gasteiger partial charge in [-0.15, -0.1) is 0 Å². The maximum absolute atomic E-state index is 11.6. The van der Waals surface area contributed by atoms with Crippen LogP contribution in [0.3, 0.4) is 0 Å². The molecule has 18 heavy (non-hydrogen) atoms. The number of hydrogen-bond donors (Lipinski definition) is 3. The molecule has 2 amide bonds. The number of halogens is 1. The lowest BCUT2D eigenvalue weighted by Crippen LogP contribution is -2.36. The number of anilines is 1. The van der Waals surface area contributed by atoms with Gasteiger partial charge in [-0.3, -0.25) is 14.9 Å². The first-order valence-electron chi connectivity index (χ1n) is 5.50. The van der Waals surface area contributed by atoms with Crippen molar-refractivity contribution in [1.82, 2.24) is 10.6 Å². The normalized spacial score (nSPS) is 9.94. The maximum atomic E-state index is 11.6. The Morgan fingerprint density at radius 3 is 2.50 bits per heavy atom. The smallest absolute Gasteiger partial charge is 0.238 e. The Morgan fingerprint density at radius 2 is 1.89 bits per heavy atom. The van der Waals surface area contributed by atoms with Crippen LogP contribution in [0.15, 0.2) is 22.7 Å². The van der Waals surface area contributed by atoms with E-state index in [-0.39, 0.29) is 24.9 Å². The number of rotatable bonds is 5. The zero-order chi connectivity index (χ0) is 13.5. The van der Waals surface area contributed by atoms with Crippen molar-refractivity contribution in [2.24, 2.45) is 0 Å². The highest BCUT2D eigenvalue weighted by Crippen LogP contribution is 2.20. The van der Waals surface area contributed by atoms with Crippen molar-refractivity contribution in [3.8, 4) is 0 Å². The predicted octanol–water partition coefficient (Wildman–Crippen LogP) is 1.03. The summed E-state index contributed by atoms with van der Waals surface area (Å²) in [5, 5.41) is 7.95. The third kappa shape index (κ3) is 4.85. The first-order valence-corrected chi connectivity index (χ1v) is 6.29. The minimum absolute atomic E-state index is 0.0961. The molecule has 1 rings (SSSR count). The Morgan fingerprint density at radius 1 is 1.22 bits per heavy atom. The van der Waals surface area contributed by atoms with Crippen LogP contribution in [0, 0.1) is 6.92 Å². The molecule has 1 aromatic rings. The molecule has 0 heterocycles. The Bertz CT molecular complexity index is 449. The van der Waals surface area contributed by atoms with Crippen molar-refractivity contribution in [1.29, 1.82) is 0 Å². The largest absolute Gasteiger partial charge is 0.358 e. The first kappa shape index (κ1) is 14.7. The second-order valence-electron chi connectivity index (χ2n) is 3.79. The molecule has 1 aromatic carbocycles. The van der Waals surface area contributed by atoms with Gasteiger partial charge in [0.2, 0.25) is 11.8 Å². The Balaban J connectivity index is 2.40. The number of aryl methyl sites for hydroxylation is 1. The fraction of sp³-hybridized carbons (Fsp3) is 0.333. The van der Waals surface area contributed by atoms with Crippen LogP contribution >= 0.6 is 15.9 Å². The molecule has 0 aromatic heterocycles. The Kier molecular flexibility index (Phi) is 5.80. The minimum atomic E-state index is -0.186. The highest BCUT2D eigenvalue weighted by Gasteiger charge is 2.04. The Hall–Kier alpha value is -1.40. The fourth-order valence-corrected chi connectivity index (χ4v) is 1.63. The van der Waals surface area contributed by atoms with E-state index in [9.17, 15) is 9.59 Å². The summed E-state index contributed by atoms with van der Waals surface area (Å²) in [6, 6.07) is 5.58. The molecule has 6 heteroatoms. The summed E-state index contributed by atoms with van der Waals surface area (Å²) < 4.78 is 0.943. The molecule has 0 saturated heterocycles. The third-order valence-corrected chi connectivity index (χ3v) is 3.16. The zero-order valence-corrected chi connectivity index (χ0v) is 11.9. The SMILES string of the molecule is CNC(=O)CNCC(=O)Nc1ccc(C)c(Br)c1. The van der Waals surface area contributed by atoms with E-state index in [0.717, 1.165) is 15.7 Å². The highest BCUT2D eigenvalue weighted by molar-refractivity contribution is 9.10. The van der Waals surface area contributed by atoms with Crippen LogP contribution in [-0.2, 0) is 9.59 Å². The molecule has 0 radical (unpaired) electrons. The summed E-state index contributed by atoms with van der Waals surface area (Å²) in [6.45, 7) is 2.20. The minimum Gasteiger partial charge on any atom is -0.358 e. The van der Waals surface area contributed by atoms with Crippen molar-refractivity contribution in [2.45, 2.75) is 6.92 Å². The lowest BCUT2D eigenvalue weighted by atomic mass is 10.2. The van der Waals surface area contributed by atoms with Crippen molar-refractivity contribution in [3.63, 3.8) is 0 Å². The maximum Gasteiger partial charge on any atom is 0.238 e. The van der Waals surface area contributed by atoms with Gasteiger partial charge in [-0.2, -0.15) is 0 Å². The van der Waals surface area contributed by atoms with Gasteiger partial charge in [0.15, 0.2) is 0 Å². The number of benzene rings is 1. The van der Waals surface area contributed by atoms with Crippen molar-refractivity contribution in [3.05, 3.63) is 28.2 Å². The molecular formula is C12H16BrN3O2. The van der Waals surface area contributed by atoms with Crippen LogP contribution in [0.5, 0.6) is 0 Å². The second-order valence-corrected chi connectivity index (χ2v) is 4.64. The standard InChI is InChI=1S/C12H16BrN3O2/c1-8-3-4-9(5-10(8)13)16-12(18)7-15-6-11(17)14-2/h3-5,15H,6-7H2,1-2H3,(H,14,17)(H,16,18). The Labute approximate surface area is 114 Å². The van der Waals surface area contributed by atoms with Gasteiger partial charge < -0.3 is 10.6 Å². The molecule has 5 nitrogen and oxygen atoms in total. The van der Waals surface area contributed by atoms with Crippen LogP contribution < -0.4 is 16.0 Å². The van der Waals surface area contributed by atoms with E-state index < -0.39 is 0 Å². The number of amides is 2. The summed E-state index contributed by atoms with van der Waals surface area (Å²) in [4.78, 5) is 22.5. The van der Waals surface area contributed by atoms with Gasteiger partial charge in [-0.1, -0.05) is 22.0 Å². The van der Waals surface area contributed by atoms with Gasteiger partial charge >= 0.3 is 0 Å². The topological polar surface area (TPSA) is 70.2 Å². The molecular weight excluding hydrogens is 298 g/mol. The average Bonchev–Trinajstić information content (AvgIpc) is 2.33. The van der Waals surface area contributed by atoms with E-state index >= 15 is 0 Å². The number of nitrogens with one attached hydrogen (secondary N) is 3. The van der Waals surface area contributed by atoms with E-state index in [2.05, 4.69) is 31.9 Å². The van der Waals surface area contributed by atoms with Crippen LogP contribution in [-0.4, -0.2) is 32.0 Å². The number of carbonyl (C=O) groups excluding carboxylic acids is 2. The summed E-state index contributed by atoms with van der Waals surface area (Å²) in [5.41, 5.74) is 1.82. The van der Waals surface area contributed by atoms with Gasteiger partial charge in [-0.05, 0) is 24.6 Å². The highest BCUT2D eigenvalue weighted by atomic mass is 79.9. The average molecular weight is 314 g/mol. The van der Waals surface area contributed by atoms with E-state index in [4.69, 9.17) is 0 Å². The molecule has 0 bridgehead atoms.